The van der Waals surface area contributed by atoms with Crippen LogP contribution >= 0.6 is 22.7 Å². The first-order valence-corrected chi connectivity index (χ1v) is 9.61. The third-order valence-corrected chi connectivity index (χ3v) is 5.60. The fraction of sp³-hybridized carbons (Fsp3) is 0.438. The molecule has 2 rings (SSSR count). The number of hydrazine groups is 1. The van der Waals surface area contributed by atoms with Crippen molar-refractivity contribution in [3.05, 3.63) is 32.5 Å². The molecule has 25 heavy (non-hydrogen) atoms. The maximum atomic E-state index is 11.0. The Hall–Kier alpha value is -1.97. The van der Waals surface area contributed by atoms with Gasteiger partial charge in [0, 0.05) is 22.1 Å². The number of hydrogen-bond acceptors (Lipinski definition) is 7. The van der Waals surface area contributed by atoms with Crippen molar-refractivity contribution in [3.63, 3.8) is 0 Å². The van der Waals surface area contributed by atoms with Gasteiger partial charge in [-0.15, -0.1) is 22.7 Å². The van der Waals surface area contributed by atoms with Crippen molar-refractivity contribution < 1.29 is 14.3 Å². The van der Waals surface area contributed by atoms with E-state index in [4.69, 9.17) is 10.6 Å². The molecule has 0 bridgehead atoms. The van der Waals surface area contributed by atoms with E-state index in [2.05, 4.69) is 23.3 Å². The number of aryl methyl sites for hydroxylation is 4. The van der Waals surface area contributed by atoms with Crippen LogP contribution in [0, 0.1) is 6.92 Å². The summed E-state index contributed by atoms with van der Waals surface area (Å²) >= 11 is 3.23. The molecular weight excluding hydrogens is 360 g/mol. The quantitative estimate of drug-likeness (QED) is 0.282. The first-order chi connectivity index (χ1) is 12.0. The molecule has 0 spiro atoms. The Bertz CT molecular complexity index is 727. The van der Waals surface area contributed by atoms with E-state index in [0.717, 1.165) is 31.4 Å². The van der Waals surface area contributed by atoms with Crippen LogP contribution in [0.1, 0.15) is 34.4 Å². The summed E-state index contributed by atoms with van der Waals surface area (Å²) in [5, 5.41) is 5.32. The highest BCUT2D eigenvalue weighted by atomic mass is 32.1. The maximum absolute atomic E-state index is 11.0. The van der Waals surface area contributed by atoms with Crippen molar-refractivity contribution in [2.24, 2.45) is 5.84 Å². The normalized spacial score (nSPS) is 10.5. The first kappa shape index (κ1) is 19.4. The molecule has 0 radical (unpaired) electrons. The van der Waals surface area contributed by atoms with Crippen LogP contribution in [0.4, 0.5) is 9.93 Å². The van der Waals surface area contributed by atoms with Gasteiger partial charge in [-0.25, -0.2) is 15.6 Å². The van der Waals surface area contributed by atoms with Gasteiger partial charge in [-0.05, 0) is 44.2 Å². The molecule has 9 heteroatoms. The molecule has 0 aliphatic heterocycles. The van der Waals surface area contributed by atoms with E-state index in [-0.39, 0.29) is 5.91 Å². The van der Waals surface area contributed by atoms with Crippen LogP contribution in [0.2, 0.25) is 0 Å². The van der Waals surface area contributed by atoms with Crippen molar-refractivity contribution in [3.8, 4) is 0 Å². The lowest BCUT2D eigenvalue weighted by molar-refractivity contribution is -0.114. The summed E-state index contributed by atoms with van der Waals surface area (Å²) in [5.74, 6) is 4.85. The summed E-state index contributed by atoms with van der Waals surface area (Å²) in [6, 6.07) is 2.20. The summed E-state index contributed by atoms with van der Waals surface area (Å²) in [5.41, 5.74) is 4.19. The fourth-order valence-electron chi connectivity index (χ4n) is 2.28. The molecule has 0 aliphatic rings. The zero-order valence-corrected chi connectivity index (χ0v) is 15.9. The molecule has 0 unspecified atom stereocenters. The number of thiophene rings is 1. The van der Waals surface area contributed by atoms with Crippen LogP contribution in [0.3, 0.4) is 0 Å². The van der Waals surface area contributed by atoms with Crippen molar-refractivity contribution in [1.82, 2.24) is 10.4 Å². The van der Waals surface area contributed by atoms with Gasteiger partial charge in [-0.1, -0.05) is 0 Å². The minimum Gasteiger partial charge on any atom is -0.449 e. The minimum absolute atomic E-state index is 0.104. The van der Waals surface area contributed by atoms with E-state index < -0.39 is 6.09 Å². The lowest BCUT2D eigenvalue weighted by atomic mass is 10.1. The molecule has 0 saturated heterocycles. The van der Waals surface area contributed by atoms with Gasteiger partial charge >= 0.3 is 6.09 Å². The number of ether oxygens (including phenoxy) is 1. The standard InChI is InChI=1S/C16H22N4O3S2/c1-10-8-13(25-14(10)4-3-7-23-16(22)20-17)6-5-12-9-24-15(19-12)18-11(2)21/h8-9H,3-7,17H2,1-2H3,(H,20,22)(H,18,19,21). The van der Waals surface area contributed by atoms with E-state index >= 15 is 0 Å². The highest BCUT2D eigenvalue weighted by Gasteiger charge is 2.09. The second kappa shape index (κ2) is 9.50. The molecule has 2 aromatic heterocycles. The maximum Gasteiger partial charge on any atom is 0.421 e. The Kier molecular flexibility index (Phi) is 7.35. The van der Waals surface area contributed by atoms with Crippen LogP contribution in [-0.2, 0) is 28.8 Å². The summed E-state index contributed by atoms with van der Waals surface area (Å²) in [6.45, 7) is 3.92. The number of nitrogens with two attached hydrogens (primary N) is 1. The van der Waals surface area contributed by atoms with E-state index in [1.165, 1.54) is 33.6 Å². The van der Waals surface area contributed by atoms with Crippen LogP contribution in [0.25, 0.3) is 0 Å². The summed E-state index contributed by atoms with van der Waals surface area (Å²) in [7, 11) is 0. The van der Waals surface area contributed by atoms with Gasteiger partial charge in [-0.3, -0.25) is 10.2 Å². The number of rotatable bonds is 8. The zero-order valence-electron chi connectivity index (χ0n) is 14.3. The number of aromatic nitrogens is 1. The van der Waals surface area contributed by atoms with Gasteiger partial charge in [0.05, 0.1) is 12.3 Å². The lowest BCUT2D eigenvalue weighted by Crippen LogP contribution is -2.30. The van der Waals surface area contributed by atoms with Gasteiger partial charge in [-0.2, -0.15) is 0 Å². The largest absolute Gasteiger partial charge is 0.449 e. The zero-order chi connectivity index (χ0) is 18.2. The lowest BCUT2D eigenvalue weighted by Gasteiger charge is -2.03. The molecule has 2 heterocycles. The van der Waals surface area contributed by atoms with Gasteiger partial charge in [0.25, 0.3) is 0 Å². The molecule has 0 saturated carbocycles. The minimum atomic E-state index is -0.606. The topological polar surface area (TPSA) is 106 Å². The monoisotopic (exact) mass is 382 g/mol. The third-order valence-electron chi connectivity index (χ3n) is 3.43. The molecule has 2 amide bonds. The average molecular weight is 383 g/mol. The summed E-state index contributed by atoms with van der Waals surface area (Å²) in [4.78, 5) is 28.9. The molecule has 7 nitrogen and oxygen atoms in total. The Morgan fingerprint density at radius 3 is 2.84 bits per heavy atom. The molecular formula is C16H22N4O3S2. The number of amides is 2. The van der Waals surface area contributed by atoms with Gasteiger partial charge < -0.3 is 10.1 Å². The second-order valence-corrected chi connectivity index (χ2v) is 7.61. The molecule has 0 aromatic carbocycles. The van der Waals surface area contributed by atoms with Crippen molar-refractivity contribution in [2.45, 2.75) is 39.5 Å². The van der Waals surface area contributed by atoms with Crippen LogP contribution in [0.5, 0.6) is 0 Å². The van der Waals surface area contributed by atoms with Crippen molar-refractivity contribution >= 4 is 39.8 Å². The SMILES string of the molecule is CC(=O)Nc1nc(CCc2cc(C)c(CCCOC(=O)NN)s2)cs1. The Morgan fingerprint density at radius 1 is 1.32 bits per heavy atom. The fourth-order valence-corrected chi connectivity index (χ4v) is 4.30. The highest BCUT2D eigenvalue weighted by Crippen LogP contribution is 2.25. The van der Waals surface area contributed by atoms with Gasteiger partial charge in [0.1, 0.15) is 0 Å². The molecule has 0 aliphatic carbocycles. The van der Waals surface area contributed by atoms with Crippen LogP contribution in [-0.4, -0.2) is 23.6 Å². The number of anilines is 1. The van der Waals surface area contributed by atoms with E-state index in [1.807, 2.05) is 10.8 Å². The molecule has 4 N–H and O–H groups in total. The predicted molar refractivity (Wildman–Crippen MR) is 99.9 cm³/mol. The number of carbonyl (C=O) groups excluding carboxylic acids is 2. The van der Waals surface area contributed by atoms with Crippen LogP contribution < -0.4 is 16.6 Å². The molecule has 0 atom stereocenters. The van der Waals surface area contributed by atoms with Gasteiger partial charge in [0.15, 0.2) is 5.13 Å². The molecule has 0 fully saturated rings. The first-order valence-electron chi connectivity index (χ1n) is 7.91. The second-order valence-electron chi connectivity index (χ2n) is 5.53. The number of hydrogen-bond donors (Lipinski definition) is 3. The van der Waals surface area contributed by atoms with Crippen LogP contribution in [0.15, 0.2) is 11.4 Å². The van der Waals surface area contributed by atoms with Crippen molar-refractivity contribution in [1.29, 1.82) is 0 Å². The van der Waals surface area contributed by atoms with E-state index in [9.17, 15) is 9.59 Å². The predicted octanol–water partition coefficient (Wildman–Crippen LogP) is 2.79. The number of nitrogens with zero attached hydrogens (tertiary/aromatic N) is 1. The highest BCUT2D eigenvalue weighted by molar-refractivity contribution is 7.14. The van der Waals surface area contributed by atoms with E-state index in [0.29, 0.717) is 11.7 Å². The molecule has 2 aromatic rings. The smallest absolute Gasteiger partial charge is 0.421 e. The third kappa shape index (κ3) is 6.45. The van der Waals surface area contributed by atoms with E-state index in [1.54, 1.807) is 11.3 Å². The summed E-state index contributed by atoms with van der Waals surface area (Å²) in [6.07, 6.45) is 2.79. The number of thiazole rings is 1. The Balaban J connectivity index is 1.80. The summed E-state index contributed by atoms with van der Waals surface area (Å²) < 4.78 is 4.89. The number of nitrogens with one attached hydrogen (secondary N) is 2. The Labute approximate surface area is 154 Å². The van der Waals surface area contributed by atoms with Crippen molar-refractivity contribution in [2.75, 3.05) is 11.9 Å². The Morgan fingerprint density at radius 2 is 2.12 bits per heavy atom. The van der Waals surface area contributed by atoms with Gasteiger partial charge in [0.2, 0.25) is 5.91 Å². The molecule has 136 valence electrons. The number of carbonyl (C=O) groups is 2. The average Bonchev–Trinajstić information content (AvgIpc) is 3.15.